The van der Waals surface area contributed by atoms with E-state index in [4.69, 9.17) is 10.8 Å². The molecule has 116 valence electrons. The number of rotatable bonds is 3. The van der Waals surface area contributed by atoms with Crippen molar-refractivity contribution in [2.75, 3.05) is 12.8 Å². The van der Waals surface area contributed by atoms with Crippen molar-refractivity contribution in [3.05, 3.63) is 22.5 Å². The van der Waals surface area contributed by atoms with Crippen LogP contribution in [0.4, 0.5) is 27.6 Å². The van der Waals surface area contributed by atoms with Crippen LogP contribution < -0.4 is 5.73 Å². The minimum atomic E-state index is -5.35. The number of methoxy groups -OCH3 is 1. The highest BCUT2D eigenvalue weighted by Crippen LogP contribution is 2.37. The fourth-order valence-electron chi connectivity index (χ4n) is 1.52. The maximum Gasteiger partial charge on any atom is 0.434 e. The van der Waals surface area contributed by atoms with E-state index in [9.17, 15) is 31.5 Å². The molecular formula is C10H7F5N2O4. The molecule has 11 heteroatoms. The van der Waals surface area contributed by atoms with E-state index in [1.54, 1.807) is 0 Å². The Morgan fingerprint density at radius 2 is 1.81 bits per heavy atom. The van der Waals surface area contributed by atoms with E-state index in [-0.39, 0.29) is 0 Å². The molecular weight excluding hydrogens is 307 g/mol. The topological polar surface area (TPSA) is 103 Å². The Morgan fingerprint density at radius 1 is 1.29 bits per heavy atom. The van der Waals surface area contributed by atoms with Gasteiger partial charge in [-0.3, -0.25) is 0 Å². The van der Waals surface area contributed by atoms with E-state index in [0.717, 1.165) is 7.11 Å². The summed E-state index contributed by atoms with van der Waals surface area (Å²) in [6.45, 7) is 0. The van der Waals surface area contributed by atoms with Gasteiger partial charge in [0.15, 0.2) is 5.69 Å². The average molecular weight is 314 g/mol. The molecule has 3 N–H and O–H groups in total. The van der Waals surface area contributed by atoms with Crippen LogP contribution in [-0.4, -0.2) is 29.1 Å². The lowest BCUT2D eigenvalue weighted by molar-refractivity contribution is -0.141. The lowest BCUT2D eigenvalue weighted by Gasteiger charge is -2.16. The molecule has 0 amide bonds. The first-order chi connectivity index (χ1) is 9.52. The molecule has 0 atom stereocenters. The number of nitrogen functional groups attached to an aromatic ring is 1. The molecule has 0 saturated heterocycles. The lowest BCUT2D eigenvalue weighted by atomic mass is 10.0. The number of nitrogens with zero attached hydrogens (tertiary/aromatic N) is 1. The van der Waals surface area contributed by atoms with Gasteiger partial charge in [-0.1, -0.05) is 0 Å². The van der Waals surface area contributed by atoms with Crippen LogP contribution in [0.3, 0.4) is 0 Å². The summed E-state index contributed by atoms with van der Waals surface area (Å²) < 4.78 is 67.7. The number of hydrogen-bond donors (Lipinski definition) is 2. The molecule has 0 radical (unpaired) electrons. The number of alkyl halides is 5. The number of carboxylic acid groups (broad SMARTS) is 1. The molecule has 0 aromatic carbocycles. The molecule has 0 saturated carbocycles. The third kappa shape index (κ3) is 3.01. The number of halogens is 5. The second kappa shape index (κ2) is 5.50. The molecule has 1 rings (SSSR count). The number of aromatic carboxylic acids is 1. The Bertz CT molecular complexity index is 600. The highest BCUT2D eigenvalue weighted by Gasteiger charge is 2.42. The number of carboxylic acids is 1. The zero-order valence-electron chi connectivity index (χ0n) is 10.2. The molecule has 21 heavy (non-hydrogen) atoms. The minimum absolute atomic E-state index is 0.759. The molecule has 0 fully saturated rings. The van der Waals surface area contributed by atoms with Gasteiger partial charge in [0.2, 0.25) is 0 Å². The van der Waals surface area contributed by atoms with Crippen LogP contribution in [0.5, 0.6) is 0 Å². The van der Waals surface area contributed by atoms with Gasteiger partial charge in [0.1, 0.15) is 16.8 Å². The smallest absolute Gasteiger partial charge is 0.434 e. The van der Waals surface area contributed by atoms with Gasteiger partial charge < -0.3 is 15.6 Å². The fourth-order valence-corrected chi connectivity index (χ4v) is 1.52. The molecule has 1 aromatic heterocycles. The van der Waals surface area contributed by atoms with Crippen LogP contribution in [0.1, 0.15) is 38.5 Å². The summed E-state index contributed by atoms with van der Waals surface area (Å²) in [6, 6.07) is 0. The molecule has 1 aromatic rings. The number of anilines is 1. The van der Waals surface area contributed by atoms with Gasteiger partial charge in [0, 0.05) is 0 Å². The first-order valence-electron chi connectivity index (χ1n) is 5.02. The second-order valence-electron chi connectivity index (χ2n) is 3.60. The van der Waals surface area contributed by atoms with Gasteiger partial charge in [0.25, 0.3) is 6.43 Å². The zero-order chi connectivity index (χ0) is 16.5. The molecule has 0 aliphatic carbocycles. The Kier molecular flexibility index (Phi) is 4.35. The third-order valence-electron chi connectivity index (χ3n) is 2.34. The molecule has 1 heterocycles. The largest absolute Gasteiger partial charge is 0.478 e. The van der Waals surface area contributed by atoms with Gasteiger partial charge in [-0.05, 0) is 0 Å². The molecule has 0 bridgehead atoms. The van der Waals surface area contributed by atoms with Crippen LogP contribution in [0.2, 0.25) is 0 Å². The van der Waals surface area contributed by atoms with Crippen LogP contribution in [-0.2, 0) is 10.9 Å². The first-order valence-corrected chi connectivity index (χ1v) is 5.02. The average Bonchev–Trinajstić information content (AvgIpc) is 2.34. The van der Waals surface area contributed by atoms with Crippen LogP contribution in [0.25, 0.3) is 0 Å². The Labute approximate surface area is 113 Å². The molecule has 0 unspecified atom stereocenters. The summed E-state index contributed by atoms with van der Waals surface area (Å²) in [4.78, 5) is 24.8. The van der Waals surface area contributed by atoms with Crippen molar-refractivity contribution in [2.24, 2.45) is 0 Å². The lowest BCUT2D eigenvalue weighted by Crippen LogP contribution is -2.23. The van der Waals surface area contributed by atoms with Crippen molar-refractivity contribution in [2.45, 2.75) is 12.6 Å². The first kappa shape index (κ1) is 16.6. The second-order valence-corrected chi connectivity index (χ2v) is 3.60. The van der Waals surface area contributed by atoms with Crippen molar-refractivity contribution in [1.29, 1.82) is 0 Å². The molecule has 6 nitrogen and oxygen atoms in total. The van der Waals surface area contributed by atoms with Crippen molar-refractivity contribution in [3.8, 4) is 0 Å². The number of pyridine rings is 1. The summed E-state index contributed by atoms with van der Waals surface area (Å²) >= 11 is 0. The van der Waals surface area contributed by atoms with Gasteiger partial charge in [-0.25, -0.2) is 23.4 Å². The number of nitrogens with two attached hydrogens (primary N) is 1. The van der Waals surface area contributed by atoms with Crippen molar-refractivity contribution in [3.63, 3.8) is 0 Å². The third-order valence-corrected chi connectivity index (χ3v) is 2.34. The summed E-state index contributed by atoms with van der Waals surface area (Å²) in [5, 5.41) is 8.76. The van der Waals surface area contributed by atoms with Crippen molar-refractivity contribution >= 4 is 17.6 Å². The number of aromatic nitrogens is 1. The van der Waals surface area contributed by atoms with Crippen LogP contribution in [0, 0.1) is 0 Å². The number of carbonyl (C=O) groups is 2. The number of ether oxygens (including phenoxy) is 1. The summed E-state index contributed by atoms with van der Waals surface area (Å²) in [6.07, 6.45) is -8.94. The number of esters is 1. The monoisotopic (exact) mass is 314 g/mol. The normalized spacial score (nSPS) is 11.6. The molecule has 0 spiro atoms. The van der Waals surface area contributed by atoms with E-state index < -0.39 is 52.7 Å². The van der Waals surface area contributed by atoms with Crippen molar-refractivity contribution < 1.29 is 41.4 Å². The number of hydrogen-bond acceptors (Lipinski definition) is 5. The van der Waals surface area contributed by atoms with E-state index in [0.29, 0.717) is 0 Å². The van der Waals surface area contributed by atoms with E-state index in [2.05, 4.69) is 9.72 Å². The standard InChI is InChI=1S/C10H7F5N2O4/c1-21-9(20)2-4(16)3(8(18)19)6(10(13,14)15)17-5(2)7(11)12/h7H,1H3,(H2,16,17)(H,18,19). The maximum atomic E-state index is 12.8. The Hall–Kier alpha value is -2.46. The van der Waals surface area contributed by atoms with Crippen LogP contribution >= 0.6 is 0 Å². The van der Waals surface area contributed by atoms with Gasteiger partial charge in [0.05, 0.1) is 12.8 Å². The van der Waals surface area contributed by atoms with Crippen molar-refractivity contribution in [1.82, 2.24) is 4.98 Å². The molecule has 0 aliphatic rings. The minimum Gasteiger partial charge on any atom is -0.478 e. The van der Waals surface area contributed by atoms with E-state index in [1.165, 1.54) is 0 Å². The van der Waals surface area contributed by atoms with E-state index >= 15 is 0 Å². The van der Waals surface area contributed by atoms with Gasteiger partial charge >= 0.3 is 18.1 Å². The zero-order valence-corrected chi connectivity index (χ0v) is 10.2. The Morgan fingerprint density at radius 3 is 2.14 bits per heavy atom. The van der Waals surface area contributed by atoms with E-state index in [1.807, 2.05) is 0 Å². The summed E-state index contributed by atoms with van der Waals surface area (Å²) in [5.41, 5.74) is -2.66. The predicted octanol–water partition coefficient (Wildman–Crippen LogP) is 2.11. The van der Waals surface area contributed by atoms with Gasteiger partial charge in [-0.2, -0.15) is 13.2 Å². The predicted molar refractivity (Wildman–Crippen MR) is 56.9 cm³/mol. The van der Waals surface area contributed by atoms with Crippen LogP contribution in [0.15, 0.2) is 0 Å². The Balaban J connectivity index is 3.89. The fraction of sp³-hybridized carbons (Fsp3) is 0.300. The summed E-state index contributed by atoms with van der Waals surface area (Å²) in [5.74, 6) is -3.69. The molecule has 0 aliphatic heterocycles. The SMILES string of the molecule is COC(=O)c1c(C(F)F)nc(C(F)(F)F)c(C(=O)O)c1N. The maximum absolute atomic E-state index is 12.8. The quantitative estimate of drug-likeness (QED) is 0.654. The summed E-state index contributed by atoms with van der Waals surface area (Å²) in [7, 11) is 0.759. The highest BCUT2D eigenvalue weighted by molar-refractivity contribution is 6.04. The highest BCUT2D eigenvalue weighted by atomic mass is 19.4. The van der Waals surface area contributed by atoms with Gasteiger partial charge in [-0.15, -0.1) is 0 Å². The number of carbonyl (C=O) groups excluding carboxylic acids is 1.